The first-order valence-electron chi connectivity index (χ1n) is 9.45. The third-order valence-corrected chi connectivity index (χ3v) is 5.33. The standard InChI is InChI=1S/C20H32N4O2.HI/c1-4-20(11-5-6-12-20)15-24-19(21-2)23-14-18(25)22-13-16-7-9-17(26-3)10-8-16;/h7-10H,4-6,11-15H2,1-3H3,(H,22,25)(H2,21,23,24);1H. The Kier molecular flexibility index (Phi) is 10.5. The zero-order chi connectivity index (χ0) is 18.8. The predicted octanol–water partition coefficient (Wildman–Crippen LogP) is 3.06. The highest BCUT2D eigenvalue weighted by Crippen LogP contribution is 2.40. The number of rotatable bonds is 8. The molecule has 0 spiro atoms. The van der Waals surface area contributed by atoms with Crippen molar-refractivity contribution in [3.63, 3.8) is 0 Å². The molecule has 0 saturated heterocycles. The van der Waals surface area contributed by atoms with Gasteiger partial charge in [-0.15, -0.1) is 24.0 Å². The van der Waals surface area contributed by atoms with Gasteiger partial charge in [-0.3, -0.25) is 9.79 Å². The molecule has 0 unspecified atom stereocenters. The average Bonchev–Trinajstić information content (AvgIpc) is 3.16. The second kappa shape index (κ2) is 12.0. The summed E-state index contributed by atoms with van der Waals surface area (Å²) >= 11 is 0. The molecule has 1 fully saturated rings. The average molecular weight is 488 g/mol. The maximum atomic E-state index is 12.1. The third kappa shape index (κ3) is 7.56. The van der Waals surface area contributed by atoms with Gasteiger partial charge in [0.25, 0.3) is 0 Å². The molecule has 3 N–H and O–H groups in total. The summed E-state index contributed by atoms with van der Waals surface area (Å²) < 4.78 is 5.13. The van der Waals surface area contributed by atoms with Crippen LogP contribution in [-0.2, 0) is 11.3 Å². The highest BCUT2D eigenvalue weighted by Gasteiger charge is 2.31. The maximum Gasteiger partial charge on any atom is 0.239 e. The molecule has 6 nitrogen and oxygen atoms in total. The first kappa shape index (κ1) is 23.5. The van der Waals surface area contributed by atoms with Crippen LogP contribution in [0.2, 0.25) is 0 Å². The van der Waals surface area contributed by atoms with Crippen LogP contribution < -0.4 is 20.7 Å². The van der Waals surface area contributed by atoms with Crippen molar-refractivity contribution in [3.05, 3.63) is 29.8 Å². The van der Waals surface area contributed by atoms with E-state index in [9.17, 15) is 4.79 Å². The van der Waals surface area contributed by atoms with Crippen LogP contribution in [0.4, 0.5) is 0 Å². The molecular weight excluding hydrogens is 455 g/mol. The van der Waals surface area contributed by atoms with Gasteiger partial charge >= 0.3 is 0 Å². The molecule has 7 heteroatoms. The van der Waals surface area contributed by atoms with Crippen molar-refractivity contribution >= 4 is 35.8 Å². The minimum atomic E-state index is -0.0603. The van der Waals surface area contributed by atoms with E-state index in [1.807, 2.05) is 24.3 Å². The van der Waals surface area contributed by atoms with Crippen molar-refractivity contribution in [2.24, 2.45) is 10.4 Å². The summed E-state index contributed by atoms with van der Waals surface area (Å²) in [4.78, 5) is 16.3. The second-order valence-corrected chi connectivity index (χ2v) is 6.96. The van der Waals surface area contributed by atoms with Crippen molar-refractivity contribution in [2.75, 3.05) is 27.2 Å². The molecule has 1 aromatic rings. The molecule has 1 aliphatic carbocycles. The molecule has 1 aromatic carbocycles. The molecule has 1 amide bonds. The second-order valence-electron chi connectivity index (χ2n) is 6.96. The maximum absolute atomic E-state index is 12.1. The number of carbonyl (C=O) groups is 1. The van der Waals surface area contributed by atoms with Crippen molar-refractivity contribution < 1.29 is 9.53 Å². The van der Waals surface area contributed by atoms with Crippen LogP contribution in [0.25, 0.3) is 0 Å². The van der Waals surface area contributed by atoms with Crippen LogP contribution in [0.3, 0.4) is 0 Å². The summed E-state index contributed by atoms with van der Waals surface area (Å²) in [5.41, 5.74) is 1.42. The van der Waals surface area contributed by atoms with Gasteiger partial charge in [0, 0.05) is 20.1 Å². The first-order chi connectivity index (χ1) is 12.6. The van der Waals surface area contributed by atoms with Crippen LogP contribution in [0, 0.1) is 5.41 Å². The van der Waals surface area contributed by atoms with Crippen LogP contribution >= 0.6 is 24.0 Å². The van der Waals surface area contributed by atoms with Gasteiger partial charge in [-0.25, -0.2) is 0 Å². The Hall–Kier alpha value is -1.51. The van der Waals surface area contributed by atoms with Gasteiger partial charge in [0.05, 0.1) is 13.7 Å². The Morgan fingerprint density at radius 1 is 1.15 bits per heavy atom. The fourth-order valence-electron chi connectivity index (χ4n) is 3.44. The van der Waals surface area contributed by atoms with Gasteiger partial charge in [-0.1, -0.05) is 31.9 Å². The molecule has 152 valence electrons. The van der Waals surface area contributed by atoms with E-state index in [0.29, 0.717) is 17.9 Å². The molecule has 0 radical (unpaired) electrons. The van der Waals surface area contributed by atoms with Crippen LogP contribution in [-0.4, -0.2) is 39.1 Å². The molecule has 0 bridgehead atoms. The number of methoxy groups -OCH3 is 1. The van der Waals surface area contributed by atoms with E-state index in [2.05, 4.69) is 27.9 Å². The highest BCUT2D eigenvalue weighted by molar-refractivity contribution is 14.0. The highest BCUT2D eigenvalue weighted by atomic mass is 127. The molecule has 0 atom stereocenters. The van der Waals surface area contributed by atoms with E-state index in [1.165, 1.54) is 32.1 Å². The lowest BCUT2D eigenvalue weighted by molar-refractivity contribution is -0.120. The minimum absolute atomic E-state index is 0. The Balaban J connectivity index is 0.00000364. The summed E-state index contributed by atoms with van der Waals surface area (Å²) in [6, 6.07) is 7.66. The van der Waals surface area contributed by atoms with Crippen LogP contribution in [0.5, 0.6) is 5.75 Å². The lowest BCUT2D eigenvalue weighted by Crippen LogP contribution is -2.46. The predicted molar refractivity (Wildman–Crippen MR) is 121 cm³/mol. The normalized spacial score (nSPS) is 15.6. The molecule has 27 heavy (non-hydrogen) atoms. The smallest absolute Gasteiger partial charge is 0.239 e. The zero-order valence-corrected chi connectivity index (χ0v) is 19.0. The molecule has 1 aliphatic rings. The van der Waals surface area contributed by atoms with Crippen molar-refractivity contribution in [1.29, 1.82) is 0 Å². The number of aliphatic imine (C=N–C) groups is 1. The number of benzene rings is 1. The quantitative estimate of drug-likeness (QED) is 0.299. The number of amides is 1. The molecule has 0 heterocycles. The van der Waals surface area contributed by atoms with Gasteiger partial charge in [0.1, 0.15) is 5.75 Å². The topological polar surface area (TPSA) is 74.8 Å². The molecule has 0 aliphatic heterocycles. The summed E-state index contributed by atoms with van der Waals surface area (Å²) in [5, 5.41) is 9.39. The van der Waals surface area contributed by atoms with E-state index >= 15 is 0 Å². The van der Waals surface area contributed by atoms with Crippen LogP contribution in [0.1, 0.15) is 44.6 Å². The largest absolute Gasteiger partial charge is 0.497 e. The van der Waals surface area contributed by atoms with Crippen molar-refractivity contribution in [2.45, 2.75) is 45.6 Å². The summed E-state index contributed by atoms with van der Waals surface area (Å²) in [6.07, 6.45) is 6.36. The van der Waals surface area contributed by atoms with E-state index in [1.54, 1.807) is 14.2 Å². The van der Waals surface area contributed by atoms with Gasteiger partial charge in [-0.2, -0.15) is 0 Å². The van der Waals surface area contributed by atoms with E-state index in [-0.39, 0.29) is 36.4 Å². The van der Waals surface area contributed by atoms with Crippen molar-refractivity contribution in [3.8, 4) is 5.75 Å². The SMILES string of the molecule is CCC1(CNC(=NC)NCC(=O)NCc2ccc(OC)cc2)CCCC1.I. The molecule has 1 saturated carbocycles. The van der Waals surface area contributed by atoms with Gasteiger partial charge in [0.2, 0.25) is 5.91 Å². The minimum Gasteiger partial charge on any atom is -0.497 e. The molecule has 2 rings (SSSR count). The zero-order valence-electron chi connectivity index (χ0n) is 16.6. The van der Waals surface area contributed by atoms with E-state index in [4.69, 9.17) is 4.74 Å². The Morgan fingerprint density at radius 2 is 1.81 bits per heavy atom. The van der Waals surface area contributed by atoms with E-state index in [0.717, 1.165) is 17.9 Å². The molecule has 0 aromatic heterocycles. The van der Waals surface area contributed by atoms with Crippen molar-refractivity contribution in [1.82, 2.24) is 16.0 Å². The lowest BCUT2D eigenvalue weighted by atomic mass is 9.83. The van der Waals surface area contributed by atoms with E-state index < -0.39 is 0 Å². The Labute approximate surface area is 179 Å². The third-order valence-electron chi connectivity index (χ3n) is 5.33. The summed E-state index contributed by atoms with van der Waals surface area (Å²) in [5.74, 6) is 1.43. The number of ether oxygens (including phenoxy) is 1. The number of carbonyl (C=O) groups excluding carboxylic acids is 1. The Bertz CT molecular complexity index is 599. The molecular formula is C20H33IN4O2. The Morgan fingerprint density at radius 3 is 2.37 bits per heavy atom. The number of halogens is 1. The lowest BCUT2D eigenvalue weighted by Gasteiger charge is -2.28. The van der Waals surface area contributed by atoms with Gasteiger partial charge in [0.15, 0.2) is 5.96 Å². The first-order valence-corrected chi connectivity index (χ1v) is 9.45. The summed E-state index contributed by atoms with van der Waals surface area (Å²) in [6.45, 7) is 3.87. The van der Waals surface area contributed by atoms with Crippen LogP contribution in [0.15, 0.2) is 29.3 Å². The number of nitrogens with one attached hydrogen (secondary N) is 3. The van der Waals surface area contributed by atoms with Gasteiger partial charge < -0.3 is 20.7 Å². The number of hydrogen-bond donors (Lipinski definition) is 3. The fourth-order valence-corrected chi connectivity index (χ4v) is 3.44. The summed E-state index contributed by atoms with van der Waals surface area (Å²) in [7, 11) is 3.37. The fraction of sp³-hybridized carbons (Fsp3) is 0.600. The number of nitrogens with zero attached hydrogens (tertiary/aromatic N) is 1. The van der Waals surface area contributed by atoms with Gasteiger partial charge in [-0.05, 0) is 42.4 Å². The number of guanidine groups is 1. The number of hydrogen-bond acceptors (Lipinski definition) is 3. The monoisotopic (exact) mass is 488 g/mol.